The summed E-state index contributed by atoms with van der Waals surface area (Å²) >= 11 is 5.36. The van der Waals surface area contributed by atoms with Crippen LogP contribution in [0.1, 0.15) is 56.9 Å². The van der Waals surface area contributed by atoms with E-state index in [2.05, 4.69) is 47.2 Å². The average molecular weight is 316 g/mol. The molecular weight excluding hydrogens is 294 g/mol. The van der Waals surface area contributed by atoms with Gasteiger partial charge >= 0.3 is 0 Å². The number of hydrogen-bond donors (Lipinski definition) is 1. The van der Waals surface area contributed by atoms with Crippen LogP contribution in [0.5, 0.6) is 0 Å². The minimum Gasteiger partial charge on any atom is -0.309 e. The van der Waals surface area contributed by atoms with Crippen molar-refractivity contribution >= 4 is 27.3 Å². The van der Waals surface area contributed by atoms with E-state index in [0.717, 1.165) is 6.54 Å². The first-order valence-corrected chi connectivity index (χ1v) is 8.19. The molecule has 1 unspecified atom stereocenters. The summed E-state index contributed by atoms with van der Waals surface area (Å²) in [4.78, 5) is 1.43. The predicted octanol–water partition coefficient (Wildman–Crippen LogP) is 5.13. The Morgan fingerprint density at radius 2 is 2.06 bits per heavy atom. The summed E-state index contributed by atoms with van der Waals surface area (Å²) in [5.74, 6) is 0. The van der Waals surface area contributed by atoms with E-state index in [1.807, 2.05) is 11.3 Å². The molecule has 1 aliphatic rings. The molecule has 1 aromatic heterocycles. The summed E-state index contributed by atoms with van der Waals surface area (Å²) in [5.41, 5.74) is 0.529. The van der Waals surface area contributed by atoms with Crippen molar-refractivity contribution < 1.29 is 0 Å². The molecule has 0 spiro atoms. The number of hydrogen-bond acceptors (Lipinski definition) is 2. The molecule has 1 heterocycles. The third-order valence-corrected chi connectivity index (χ3v) is 5.72. The van der Waals surface area contributed by atoms with Crippen molar-refractivity contribution in [1.29, 1.82) is 0 Å². The van der Waals surface area contributed by atoms with E-state index in [0.29, 0.717) is 11.5 Å². The maximum atomic E-state index is 3.71. The minimum atomic E-state index is 0.477. The number of thiophene rings is 1. The van der Waals surface area contributed by atoms with Crippen LogP contribution in [-0.4, -0.2) is 6.54 Å². The summed E-state index contributed by atoms with van der Waals surface area (Å²) in [7, 11) is 0. The molecule has 3 heteroatoms. The van der Waals surface area contributed by atoms with Gasteiger partial charge in [0.2, 0.25) is 0 Å². The third kappa shape index (κ3) is 3.80. The summed E-state index contributed by atoms with van der Waals surface area (Å²) in [6.45, 7) is 5.87. The molecule has 1 N–H and O–H groups in total. The van der Waals surface area contributed by atoms with Gasteiger partial charge in [-0.3, -0.25) is 0 Å². The van der Waals surface area contributed by atoms with Gasteiger partial charge < -0.3 is 5.32 Å². The SMILES string of the molecule is CC(NCC1(C)CCCCC1)c1ccc(Br)s1. The summed E-state index contributed by atoms with van der Waals surface area (Å²) in [5, 5.41) is 3.71. The largest absolute Gasteiger partial charge is 0.309 e. The summed E-state index contributed by atoms with van der Waals surface area (Å²) in [6.07, 6.45) is 7.04. The molecule has 0 amide bonds. The lowest BCUT2D eigenvalue weighted by atomic mass is 9.75. The first-order valence-electron chi connectivity index (χ1n) is 6.58. The molecule has 1 aliphatic carbocycles. The maximum absolute atomic E-state index is 3.71. The zero-order valence-electron chi connectivity index (χ0n) is 10.8. The molecule has 0 bridgehead atoms. The van der Waals surface area contributed by atoms with E-state index >= 15 is 0 Å². The smallest absolute Gasteiger partial charge is 0.0701 e. The predicted molar refractivity (Wildman–Crippen MR) is 79.6 cm³/mol. The fourth-order valence-electron chi connectivity index (χ4n) is 2.64. The zero-order valence-corrected chi connectivity index (χ0v) is 13.2. The second-order valence-corrected chi connectivity index (χ2v) is 8.11. The standard InChI is InChI=1S/C14H22BrNS/c1-11(12-6-7-13(15)17-12)16-10-14(2)8-4-3-5-9-14/h6-7,11,16H,3-5,8-10H2,1-2H3. The molecule has 96 valence electrons. The molecule has 1 fully saturated rings. The van der Waals surface area contributed by atoms with E-state index in [-0.39, 0.29) is 0 Å². The molecule has 1 nitrogen and oxygen atoms in total. The normalized spacial score (nSPS) is 21.4. The van der Waals surface area contributed by atoms with Gasteiger partial charge in [0.1, 0.15) is 0 Å². The summed E-state index contributed by atoms with van der Waals surface area (Å²) < 4.78 is 1.23. The van der Waals surface area contributed by atoms with Crippen LogP contribution in [0.4, 0.5) is 0 Å². The molecule has 17 heavy (non-hydrogen) atoms. The Morgan fingerprint density at radius 1 is 1.35 bits per heavy atom. The average Bonchev–Trinajstić information content (AvgIpc) is 2.74. The highest BCUT2D eigenvalue weighted by molar-refractivity contribution is 9.11. The van der Waals surface area contributed by atoms with Crippen molar-refractivity contribution in [3.8, 4) is 0 Å². The van der Waals surface area contributed by atoms with Crippen LogP contribution in [-0.2, 0) is 0 Å². The number of nitrogens with one attached hydrogen (secondary N) is 1. The van der Waals surface area contributed by atoms with Crippen LogP contribution in [0.3, 0.4) is 0 Å². The number of halogens is 1. The van der Waals surface area contributed by atoms with E-state index in [1.165, 1.54) is 40.8 Å². The second kappa shape index (κ2) is 5.85. The first-order chi connectivity index (χ1) is 8.09. The molecule has 0 aromatic carbocycles. The monoisotopic (exact) mass is 315 g/mol. The third-order valence-electron chi connectivity index (χ3n) is 3.92. The molecule has 0 radical (unpaired) electrons. The van der Waals surface area contributed by atoms with Gasteiger partial charge in [0.05, 0.1) is 3.79 Å². The molecular formula is C14H22BrNS. The van der Waals surface area contributed by atoms with Gasteiger partial charge in [-0.05, 0) is 53.2 Å². The highest BCUT2D eigenvalue weighted by Crippen LogP contribution is 2.36. The van der Waals surface area contributed by atoms with Gasteiger partial charge in [0.25, 0.3) is 0 Å². The quantitative estimate of drug-likeness (QED) is 0.812. The van der Waals surface area contributed by atoms with Crippen molar-refractivity contribution in [3.63, 3.8) is 0 Å². The highest BCUT2D eigenvalue weighted by Gasteiger charge is 2.27. The fourth-order valence-corrected chi connectivity index (χ4v) is 4.09. The van der Waals surface area contributed by atoms with Crippen molar-refractivity contribution in [2.45, 2.75) is 52.0 Å². The van der Waals surface area contributed by atoms with Crippen LogP contribution in [0.2, 0.25) is 0 Å². The van der Waals surface area contributed by atoms with Gasteiger partial charge in [0, 0.05) is 17.5 Å². The molecule has 2 rings (SSSR count). The van der Waals surface area contributed by atoms with Crippen molar-refractivity contribution in [1.82, 2.24) is 5.32 Å². The van der Waals surface area contributed by atoms with Crippen LogP contribution in [0.15, 0.2) is 15.9 Å². The van der Waals surface area contributed by atoms with E-state index in [1.54, 1.807) is 0 Å². The van der Waals surface area contributed by atoms with Crippen molar-refractivity contribution in [2.24, 2.45) is 5.41 Å². The Bertz CT molecular complexity index is 355. The van der Waals surface area contributed by atoms with Crippen LogP contribution in [0.25, 0.3) is 0 Å². The number of rotatable bonds is 4. The lowest BCUT2D eigenvalue weighted by Crippen LogP contribution is -2.34. The molecule has 0 saturated heterocycles. The summed E-state index contributed by atoms with van der Waals surface area (Å²) in [6, 6.07) is 4.83. The molecule has 1 atom stereocenters. The Kier molecular flexibility index (Phi) is 4.67. The molecule has 0 aliphatic heterocycles. The van der Waals surface area contributed by atoms with Crippen molar-refractivity contribution in [2.75, 3.05) is 6.54 Å². The first kappa shape index (κ1) is 13.6. The van der Waals surface area contributed by atoms with Gasteiger partial charge in [-0.1, -0.05) is 26.2 Å². The van der Waals surface area contributed by atoms with E-state index < -0.39 is 0 Å². The lowest BCUT2D eigenvalue weighted by Gasteiger charge is -2.34. The molecule has 1 aromatic rings. The Hall–Kier alpha value is 0.140. The van der Waals surface area contributed by atoms with Crippen LogP contribution < -0.4 is 5.32 Å². The van der Waals surface area contributed by atoms with Crippen LogP contribution in [0, 0.1) is 5.41 Å². The maximum Gasteiger partial charge on any atom is 0.0701 e. The highest BCUT2D eigenvalue weighted by atomic mass is 79.9. The van der Waals surface area contributed by atoms with Gasteiger partial charge in [-0.25, -0.2) is 0 Å². The fraction of sp³-hybridized carbons (Fsp3) is 0.714. The van der Waals surface area contributed by atoms with Gasteiger partial charge in [-0.15, -0.1) is 11.3 Å². The van der Waals surface area contributed by atoms with Crippen LogP contribution >= 0.6 is 27.3 Å². The van der Waals surface area contributed by atoms with Gasteiger partial charge in [0.15, 0.2) is 0 Å². The lowest BCUT2D eigenvalue weighted by molar-refractivity contribution is 0.202. The molecule has 1 saturated carbocycles. The van der Waals surface area contributed by atoms with Gasteiger partial charge in [-0.2, -0.15) is 0 Å². The minimum absolute atomic E-state index is 0.477. The Balaban J connectivity index is 1.85. The zero-order chi connectivity index (χ0) is 12.3. The van der Waals surface area contributed by atoms with E-state index in [9.17, 15) is 0 Å². The van der Waals surface area contributed by atoms with Crippen molar-refractivity contribution in [3.05, 3.63) is 20.8 Å². The second-order valence-electron chi connectivity index (χ2n) is 5.62. The van der Waals surface area contributed by atoms with E-state index in [4.69, 9.17) is 0 Å². The Labute approximate surface area is 117 Å². The topological polar surface area (TPSA) is 12.0 Å². The Morgan fingerprint density at radius 3 is 2.65 bits per heavy atom.